The summed E-state index contributed by atoms with van der Waals surface area (Å²) in [7, 11) is 0. The minimum absolute atomic E-state index is 0.00825. The second-order valence-corrected chi connectivity index (χ2v) is 6.33. The molecule has 1 aromatic carbocycles. The number of furan rings is 1. The van der Waals surface area contributed by atoms with E-state index in [1.807, 2.05) is 18.2 Å². The van der Waals surface area contributed by atoms with Gasteiger partial charge < -0.3 is 9.52 Å². The van der Waals surface area contributed by atoms with Crippen molar-refractivity contribution in [1.29, 1.82) is 0 Å². The van der Waals surface area contributed by atoms with E-state index in [9.17, 15) is 9.90 Å². The van der Waals surface area contributed by atoms with Crippen LogP contribution in [-0.2, 0) is 4.79 Å². The van der Waals surface area contributed by atoms with Crippen LogP contribution in [0.5, 0.6) is 0 Å². The third-order valence-electron chi connectivity index (χ3n) is 4.91. The van der Waals surface area contributed by atoms with E-state index in [1.165, 1.54) is 5.56 Å². The molecule has 0 amide bonds. The molecule has 2 aromatic rings. The molecule has 112 valence electrons. The highest BCUT2D eigenvalue weighted by Gasteiger charge is 2.37. The van der Waals surface area contributed by atoms with Crippen LogP contribution in [0.15, 0.2) is 28.7 Å². The van der Waals surface area contributed by atoms with Crippen LogP contribution in [0.2, 0.25) is 0 Å². The molecule has 0 saturated heterocycles. The van der Waals surface area contributed by atoms with Gasteiger partial charge in [0.1, 0.15) is 11.3 Å². The first kappa shape index (κ1) is 14.2. The van der Waals surface area contributed by atoms with E-state index in [1.54, 1.807) is 0 Å². The van der Waals surface area contributed by atoms with E-state index < -0.39 is 5.97 Å². The van der Waals surface area contributed by atoms with E-state index in [-0.39, 0.29) is 11.8 Å². The molecular formula is C18H22O3. The van der Waals surface area contributed by atoms with Gasteiger partial charge in [-0.2, -0.15) is 0 Å². The summed E-state index contributed by atoms with van der Waals surface area (Å²) in [6.45, 7) is 4.24. The lowest BCUT2D eigenvalue weighted by atomic mass is 9.72. The number of aryl methyl sites for hydroxylation is 1. The summed E-state index contributed by atoms with van der Waals surface area (Å²) in [6.07, 6.45) is 3.81. The Balaban J connectivity index is 1.98. The Labute approximate surface area is 125 Å². The maximum absolute atomic E-state index is 11.6. The van der Waals surface area contributed by atoms with E-state index in [0.29, 0.717) is 5.92 Å². The minimum atomic E-state index is -0.689. The van der Waals surface area contributed by atoms with Crippen LogP contribution in [0.25, 0.3) is 11.0 Å². The first-order chi connectivity index (χ1) is 10.1. The molecule has 1 heterocycles. The molecule has 1 fully saturated rings. The summed E-state index contributed by atoms with van der Waals surface area (Å²) in [4.78, 5) is 11.6. The van der Waals surface area contributed by atoms with Crippen molar-refractivity contribution in [2.45, 2.75) is 45.4 Å². The zero-order valence-electron chi connectivity index (χ0n) is 12.6. The van der Waals surface area contributed by atoms with Crippen LogP contribution in [-0.4, -0.2) is 11.1 Å². The summed E-state index contributed by atoms with van der Waals surface area (Å²) in [5.41, 5.74) is 2.05. The fraction of sp³-hybridized carbons (Fsp3) is 0.500. The van der Waals surface area contributed by atoms with Gasteiger partial charge in [0, 0.05) is 11.3 Å². The molecule has 3 rings (SSSR count). The van der Waals surface area contributed by atoms with Crippen molar-refractivity contribution in [3.63, 3.8) is 0 Å². The molecule has 1 aromatic heterocycles. The first-order valence-electron chi connectivity index (χ1n) is 7.81. The fourth-order valence-corrected chi connectivity index (χ4v) is 3.60. The van der Waals surface area contributed by atoms with Gasteiger partial charge in [-0.1, -0.05) is 25.0 Å². The van der Waals surface area contributed by atoms with E-state index in [0.717, 1.165) is 42.4 Å². The highest BCUT2D eigenvalue weighted by molar-refractivity contribution is 5.79. The van der Waals surface area contributed by atoms with Gasteiger partial charge in [-0.3, -0.25) is 4.79 Å². The lowest BCUT2D eigenvalue weighted by Gasteiger charge is -2.32. The zero-order chi connectivity index (χ0) is 15.0. The molecular weight excluding hydrogens is 264 g/mol. The number of benzene rings is 1. The first-order valence-corrected chi connectivity index (χ1v) is 7.81. The second-order valence-electron chi connectivity index (χ2n) is 6.33. The molecule has 0 aliphatic heterocycles. The molecule has 1 aliphatic carbocycles. The lowest BCUT2D eigenvalue weighted by Crippen LogP contribution is -2.28. The Bertz CT molecular complexity index is 656. The van der Waals surface area contributed by atoms with Crippen molar-refractivity contribution in [3.8, 4) is 0 Å². The van der Waals surface area contributed by atoms with Gasteiger partial charge in [0.2, 0.25) is 0 Å². The third-order valence-corrected chi connectivity index (χ3v) is 4.91. The van der Waals surface area contributed by atoms with Crippen LogP contribution in [0.3, 0.4) is 0 Å². The Morgan fingerprint density at radius 2 is 2.14 bits per heavy atom. The smallest absolute Gasteiger partial charge is 0.307 e. The van der Waals surface area contributed by atoms with Crippen molar-refractivity contribution in [3.05, 3.63) is 35.6 Å². The van der Waals surface area contributed by atoms with E-state index in [2.05, 4.69) is 19.9 Å². The topological polar surface area (TPSA) is 50.4 Å². The molecule has 3 atom stereocenters. The number of carboxylic acids is 1. The Hall–Kier alpha value is -1.77. The zero-order valence-corrected chi connectivity index (χ0v) is 12.6. The Kier molecular flexibility index (Phi) is 3.75. The van der Waals surface area contributed by atoms with Crippen LogP contribution >= 0.6 is 0 Å². The number of rotatable bonds is 3. The highest BCUT2D eigenvalue weighted by Crippen LogP contribution is 2.43. The van der Waals surface area contributed by atoms with Crippen LogP contribution < -0.4 is 0 Å². The van der Waals surface area contributed by atoms with Crippen molar-refractivity contribution in [1.82, 2.24) is 0 Å². The van der Waals surface area contributed by atoms with Gasteiger partial charge in [0.15, 0.2) is 0 Å². The number of hydrogen-bond donors (Lipinski definition) is 1. The number of fused-ring (bicyclic) bond motifs is 1. The van der Waals surface area contributed by atoms with Crippen LogP contribution in [0.4, 0.5) is 0 Å². The van der Waals surface area contributed by atoms with Crippen molar-refractivity contribution >= 4 is 16.9 Å². The molecule has 1 aliphatic rings. The summed E-state index contributed by atoms with van der Waals surface area (Å²) < 4.78 is 5.97. The Morgan fingerprint density at radius 3 is 2.86 bits per heavy atom. The molecule has 21 heavy (non-hydrogen) atoms. The maximum Gasteiger partial charge on any atom is 0.307 e. The largest absolute Gasteiger partial charge is 0.481 e. The second kappa shape index (κ2) is 5.55. The molecule has 0 bridgehead atoms. The predicted octanol–water partition coefficient (Wildman–Crippen LogP) is 4.74. The molecule has 0 spiro atoms. The fourth-order valence-electron chi connectivity index (χ4n) is 3.60. The average Bonchev–Trinajstić information content (AvgIpc) is 2.89. The average molecular weight is 286 g/mol. The minimum Gasteiger partial charge on any atom is -0.481 e. The monoisotopic (exact) mass is 286 g/mol. The van der Waals surface area contributed by atoms with E-state index >= 15 is 0 Å². The van der Waals surface area contributed by atoms with Crippen molar-refractivity contribution in [2.24, 2.45) is 11.8 Å². The summed E-state index contributed by atoms with van der Waals surface area (Å²) in [6, 6.07) is 8.14. The highest BCUT2D eigenvalue weighted by atomic mass is 16.4. The molecule has 0 radical (unpaired) electrons. The summed E-state index contributed by atoms with van der Waals surface area (Å²) in [5.74, 6) is 0.469. The van der Waals surface area contributed by atoms with E-state index in [4.69, 9.17) is 4.42 Å². The molecule has 3 heteroatoms. The molecule has 3 nitrogen and oxygen atoms in total. The van der Waals surface area contributed by atoms with Gasteiger partial charge in [0.05, 0.1) is 5.92 Å². The number of hydrogen-bond acceptors (Lipinski definition) is 2. The van der Waals surface area contributed by atoms with Gasteiger partial charge in [-0.25, -0.2) is 0 Å². The number of carboxylic acid groups (broad SMARTS) is 1. The summed E-state index contributed by atoms with van der Waals surface area (Å²) >= 11 is 0. The Morgan fingerprint density at radius 1 is 1.33 bits per heavy atom. The third kappa shape index (κ3) is 2.69. The quantitative estimate of drug-likeness (QED) is 0.887. The molecule has 3 unspecified atom stereocenters. The lowest BCUT2D eigenvalue weighted by molar-refractivity contribution is -0.144. The maximum atomic E-state index is 11.6. The van der Waals surface area contributed by atoms with Gasteiger partial charge in [-0.15, -0.1) is 0 Å². The van der Waals surface area contributed by atoms with Crippen molar-refractivity contribution in [2.75, 3.05) is 0 Å². The summed E-state index contributed by atoms with van der Waals surface area (Å²) in [5, 5.41) is 10.6. The van der Waals surface area contributed by atoms with Crippen molar-refractivity contribution < 1.29 is 14.3 Å². The van der Waals surface area contributed by atoms with Gasteiger partial charge in [-0.05, 0) is 50.3 Å². The van der Waals surface area contributed by atoms with Crippen LogP contribution in [0.1, 0.15) is 49.8 Å². The molecule has 1 saturated carbocycles. The normalized spacial score (nSPS) is 26.1. The standard InChI is InChI=1S/C18H22O3/c1-3-12-5-6-14(18(19)20)15(9-12)17-10-13-8-11(2)4-7-16(13)21-17/h4,7-8,10,12,14-15H,3,5-6,9H2,1-2H3,(H,19,20). The SMILES string of the molecule is CCC1CCC(C(=O)O)C(c2cc3cc(C)ccc3o2)C1. The molecule has 1 N–H and O–H groups in total. The predicted molar refractivity (Wildman–Crippen MR) is 82.4 cm³/mol. The van der Waals surface area contributed by atoms with Gasteiger partial charge in [0.25, 0.3) is 0 Å². The number of aliphatic carboxylic acids is 1. The van der Waals surface area contributed by atoms with Gasteiger partial charge >= 0.3 is 5.97 Å². The van der Waals surface area contributed by atoms with Crippen LogP contribution in [0, 0.1) is 18.8 Å². The number of carbonyl (C=O) groups is 1.